The summed E-state index contributed by atoms with van der Waals surface area (Å²) in [4.78, 5) is 0. The minimum absolute atomic E-state index is 0.0532. The number of hydrogen-bond donors (Lipinski definition) is 2. The molecule has 0 radical (unpaired) electrons. The van der Waals surface area contributed by atoms with Crippen LogP contribution in [0.25, 0.3) is 0 Å². The Morgan fingerprint density at radius 3 is 2.67 bits per heavy atom. The molecular weight excluding hydrogens is 258 g/mol. The van der Waals surface area contributed by atoms with Crippen molar-refractivity contribution in [2.45, 2.75) is 6.42 Å². The van der Waals surface area contributed by atoms with Gasteiger partial charge in [0.15, 0.2) is 0 Å². The summed E-state index contributed by atoms with van der Waals surface area (Å²) < 4.78 is 35.6. The Hall–Kier alpha value is -1.47. The molecule has 0 heterocycles. The van der Waals surface area contributed by atoms with Crippen molar-refractivity contribution in [2.24, 2.45) is 0 Å². The number of anilines is 1. The second-order valence-corrected chi connectivity index (χ2v) is 5.46. The molecule has 0 aliphatic rings. The predicted octanol–water partition coefficient (Wildman–Crippen LogP) is 1.18. The number of nitrogens with one attached hydrogen (secondary N) is 1. The minimum atomic E-state index is -3.53. The molecule has 0 aliphatic carbocycles. The second kappa shape index (κ2) is 6.46. The van der Waals surface area contributed by atoms with Crippen LogP contribution in [0.5, 0.6) is 11.5 Å². The fraction of sp³-hybridized carbons (Fsp3) is 0.455. The zero-order valence-corrected chi connectivity index (χ0v) is 11.2. The quantitative estimate of drug-likeness (QED) is 0.576. The van der Waals surface area contributed by atoms with Crippen LogP contribution >= 0.6 is 0 Å². The number of sulfonamides is 1. The lowest BCUT2D eigenvalue weighted by Crippen LogP contribution is -2.18. The summed E-state index contributed by atoms with van der Waals surface area (Å²) in [5.41, 5.74) is 0.0532. The van der Waals surface area contributed by atoms with Crippen molar-refractivity contribution >= 4 is 15.7 Å². The molecule has 0 aliphatic heterocycles. The van der Waals surface area contributed by atoms with Crippen LogP contribution in [0.2, 0.25) is 0 Å². The molecule has 7 heteroatoms. The fourth-order valence-corrected chi connectivity index (χ4v) is 2.51. The van der Waals surface area contributed by atoms with Gasteiger partial charge in [0.2, 0.25) is 10.0 Å². The average molecular weight is 275 g/mol. The molecule has 0 spiro atoms. The summed E-state index contributed by atoms with van der Waals surface area (Å²) in [6.07, 6.45) is 0.377. The van der Waals surface area contributed by atoms with Crippen LogP contribution in [0.3, 0.4) is 0 Å². The van der Waals surface area contributed by atoms with Gasteiger partial charge < -0.3 is 14.6 Å². The fourth-order valence-electron chi connectivity index (χ4n) is 1.39. The molecule has 1 aromatic rings. The van der Waals surface area contributed by atoms with Gasteiger partial charge in [-0.3, -0.25) is 4.72 Å². The first-order valence-corrected chi connectivity index (χ1v) is 7.01. The molecule has 0 saturated heterocycles. The highest BCUT2D eigenvalue weighted by Crippen LogP contribution is 2.33. The number of rotatable bonds is 7. The Bertz CT molecular complexity index is 486. The molecule has 0 amide bonds. The second-order valence-electron chi connectivity index (χ2n) is 3.62. The van der Waals surface area contributed by atoms with Gasteiger partial charge in [0.25, 0.3) is 0 Å². The van der Waals surface area contributed by atoms with Crippen LogP contribution in [-0.2, 0) is 14.8 Å². The van der Waals surface area contributed by atoms with Gasteiger partial charge in [-0.05, 0) is 18.6 Å². The van der Waals surface area contributed by atoms with Crippen LogP contribution in [0, 0.1) is 0 Å². The van der Waals surface area contributed by atoms with E-state index in [-0.39, 0.29) is 22.9 Å². The van der Waals surface area contributed by atoms with Gasteiger partial charge in [0, 0.05) is 13.7 Å². The lowest BCUT2D eigenvalue weighted by molar-refractivity contribution is 0.199. The third-order valence-electron chi connectivity index (χ3n) is 2.24. The Morgan fingerprint density at radius 2 is 2.06 bits per heavy atom. The van der Waals surface area contributed by atoms with Crippen molar-refractivity contribution in [3.63, 3.8) is 0 Å². The van der Waals surface area contributed by atoms with E-state index in [4.69, 9.17) is 9.47 Å². The summed E-state index contributed by atoms with van der Waals surface area (Å²) in [6.45, 7) is 0.360. The molecular formula is C11H17NO5S. The van der Waals surface area contributed by atoms with E-state index in [0.29, 0.717) is 13.0 Å². The van der Waals surface area contributed by atoms with Gasteiger partial charge in [-0.1, -0.05) is 6.07 Å². The third kappa shape index (κ3) is 4.08. The molecule has 0 saturated carbocycles. The van der Waals surface area contributed by atoms with Gasteiger partial charge in [-0.2, -0.15) is 0 Å². The molecule has 102 valence electrons. The number of phenols is 1. The molecule has 0 bridgehead atoms. The monoisotopic (exact) mass is 275 g/mol. The van der Waals surface area contributed by atoms with E-state index in [1.165, 1.54) is 20.3 Å². The van der Waals surface area contributed by atoms with Crippen LogP contribution in [-0.4, -0.2) is 40.1 Å². The predicted molar refractivity (Wildman–Crippen MR) is 68.6 cm³/mol. The molecule has 1 rings (SSSR count). The normalized spacial score (nSPS) is 11.2. The van der Waals surface area contributed by atoms with Crippen LogP contribution in [0.4, 0.5) is 5.69 Å². The minimum Gasteiger partial charge on any atom is -0.506 e. The average Bonchev–Trinajstić information content (AvgIpc) is 2.32. The standard InChI is InChI=1S/C11H17NO5S/c1-16-7-4-8-18(14,15)12-11-9(13)5-3-6-10(11)17-2/h3,5-6,12-13H,4,7-8H2,1-2H3. The molecule has 2 N–H and O–H groups in total. The Balaban J connectivity index is 2.83. The molecule has 1 aromatic carbocycles. The first-order valence-electron chi connectivity index (χ1n) is 5.35. The largest absolute Gasteiger partial charge is 0.506 e. The first kappa shape index (κ1) is 14.6. The molecule has 6 nitrogen and oxygen atoms in total. The topological polar surface area (TPSA) is 84.9 Å². The van der Waals surface area contributed by atoms with E-state index in [0.717, 1.165) is 0 Å². The van der Waals surface area contributed by atoms with E-state index in [9.17, 15) is 13.5 Å². The molecule has 0 unspecified atom stereocenters. The number of phenolic OH excluding ortho intramolecular Hbond substituents is 1. The number of hydrogen-bond acceptors (Lipinski definition) is 5. The van der Waals surface area contributed by atoms with Crippen LogP contribution < -0.4 is 9.46 Å². The summed E-state index contributed by atoms with van der Waals surface area (Å²) in [6, 6.07) is 4.51. The van der Waals surface area contributed by atoms with Crippen molar-refractivity contribution in [3.05, 3.63) is 18.2 Å². The van der Waals surface area contributed by atoms with Gasteiger partial charge in [-0.15, -0.1) is 0 Å². The summed E-state index contributed by atoms with van der Waals surface area (Å²) >= 11 is 0. The molecule has 0 aromatic heterocycles. The third-order valence-corrected chi connectivity index (χ3v) is 3.58. The van der Waals surface area contributed by atoms with Crippen molar-refractivity contribution in [1.29, 1.82) is 0 Å². The molecule has 0 atom stereocenters. The smallest absolute Gasteiger partial charge is 0.233 e. The van der Waals surface area contributed by atoms with Gasteiger partial charge >= 0.3 is 0 Å². The van der Waals surface area contributed by atoms with Gasteiger partial charge in [-0.25, -0.2) is 8.42 Å². The maximum absolute atomic E-state index is 11.8. The Kier molecular flexibility index (Phi) is 5.24. The van der Waals surface area contributed by atoms with E-state index in [1.807, 2.05) is 0 Å². The zero-order chi connectivity index (χ0) is 13.6. The summed E-state index contributed by atoms with van der Waals surface area (Å²) in [7, 11) is -0.626. The van der Waals surface area contributed by atoms with Crippen LogP contribution in [0.15, 0.2) is 18.2 Å². The molecule has 0 fully saturated rings. The van der Waals surface area contributed by atoms with Gasteiger partial charge in [0.1, 0.15) is 17.2 Å². The van der Waals surface area contributed by atoms with Crippen molar-refractivity contribution < 1.29 is 23.0 Å². The number of ether oxygens (including phenoxy) is 2. The Labute approximate surface area is 107 Å². The maximum atomic E-state index is 11.8. The highest BCUT2D eigenvalue weighted by molar-refractivity contribution is 7.92. The molecule has 18 heavy (non-hydrogen) atoms. The number of methoxy groups -OCH3 is 2. The Morgan fingerprint density at radius 1 is 1.33 bits per heavy atom. The van der Waals surface area contributed by atoms with E-state index in [2.05, 4.69) is 4.72 Å². The highest BCUT2D eigenvalue weighted by atomic mass is 32.2. The lowest BCUT2D eigenvalue weighted by atomic mass is 10.3. The first-order chi connectivity index (χ1) is 8.50. The number of benzene rings is 1. The summed E-state index contributed by atoms with van der Waals surface area (Å²) in [5.74, 6) is 0.00759. The van der Waals surface area contributed by atoms with E-state index >= 15 is 0 Å². The van der Waals surface area contributed by atoms with Gasteiger partial charge in [0.05, 0.1) is 12.9 Å². The van der Waals surface area contributed by atoms with Crippen molar-refractivity contribution in [1.82, 2.24) is 0 Å². The maximum Gasteiger partial charge on any atom is 0.233 e. The summed E-state index contributed by atoms with van der Waals surface area (Å²) in [5, 5.41) is 9.63. The van der Waals surface area contributed by atoms with Crippen molar-refractivity contribution in [3.8, 4) is 11.5 Å². The number of aromatic hydroxyl groups is 1. The van der Waals surface area contributed by atoms with Crippen molar-refractivity contribution in [2.75, 3.05) is 31.3 Å². The number of para-hydroxylation sites is 1. The van der Waals surface area contributed by atoms with E-state index in [1.54, 1.807) is 12.1 Å². The van der Waals surface area contributed by atoms with Crippen LogP contribution in [0.1, 0.15) is 6.42 Å². The zero-order valence-electron chi connectivity index (χ0n) is 10.3. The van der Waals surface area contributed by atoms with E-state index < -0.39 is 10.0 Å². The highest BCUT2D eigenvalue weighted by Gasteiger charge is 2.16. The lowest BCUT2D eigenvalue weighted by Gasteiger charge is -2.12. The SMILES string of the molecule is COCCCS(=O)(=O)Nc1c(O)cccc1OC.